The summed E-state index contributed by atoms with van der Waals surface area (Å²) < 4.78 is 0. The van der Waals surface area contributed by atoms with Gasteiger partial charge in [-0.1, -0.05) is 0 Å². The van der Waals surface area contributed by atoms with Crippen LogP contribution in [0.15, 0.2) is 12.7 Å². The first-order chi connectivity index (χ1) is 9.63. The third-order valence-corrected chi connectivity index (χ3v) is 5.90. The number of unbranched alkanes of at least 4 members (excludes halogenated alkanes) is 3. The Morgan fingerprint density at radius 2 is 2.25 bits per heavy atom. The molecule has 112 valence electrons. The van der Waals surface area contributed by atoms with Gasteiger partial charge in [-0.15, -0.1) is 0 Å². The molecule has 1 N–H and O–H groups in total. The molecule has 0 spiro atoms. The van der Waals surface area contributed by atoms with Crippen LogP contribution in [0.5, 0.6) is 0 Å². The molecule has 0 aromatic rings. The molecule has 3 nitrogen and oxygen atoms in total. The van der Waals surface area contributed by atoms with Crippen LogP contribution in [0.1, 0.15) is 39.5 Å². The fraction of sp³-hybridized carbons (Fsp3) is 0.688. The van der Waals surface area contributed by atoms with Gasteiger partial charge in [-0.25, -0.2) is 0 Å². The van der Waals surface area contributed by atoms with Gasteiger partial charge in [0.1, 0.15) is 0 Å². The number of amides is 1. The van der Waals surface area contributed by atoms with E-state index in [4.69, 9.17) is 0 Å². The second kappa shape index (κ2) is 9.23. The number of hydrogen-bond donors (Lipinski definition) is 1. The van der Waals surface area contributed by atoms with Gasteiger partial charge in [-0.05, 0) is 0 Å². The summed E-state index contributed by atoms with van der Waals surface area (Å²) in [5.41, 5.74) is 0. The summed E-state index contributed by atoms with van der Waals surface area (Å²) in [4.78, 5) is 13.9. The molecule has 0 aromatic carbocycles. The van der Waals surface area contributed by atoms with Crippen molar-refractivity contribution >= 4 is 20.9 Å². The molecule has 1 heterocycles. The van der Waals surface area contributed by atoms with Crippen molar-refractivity contribution in [2.45, 2.75) is 55.9 Å². The first kappa shape index (κ1) is 17.3. The Labute approximate surface area is 129 Å². The Bertz CT molecular complexity index is 384. The van der Waals surface area contributed by atoms with Crippen LogP contribution in [-0.2, 0) is 4.79 Å². The molecule has 0 aliphatic carbocycles. The summed E-state index contributed by atoms with van der Waals surface area (Å²) in [5, 5.41) is 10.6. The van der Waals surface area contributed by atoms with E-state index in [-0.39, 0.29) is 31.7 Å². The van der Waals surface area contributed by atoms with E-state index in [0.717, 1.165) is 11.7 Å². The number of carbonyl (C=O) groups excluding carboxylic acids is 1. The van der Waals surface area contributed by atoms with Gasteiger partial charge < -0.3 is 0 Å². The first-order valence-corrected chi connectivity index (χ1v) is 9.50. The van der Waals surface area contributed by atoms with E-state index in [9.17, 15) is 9.90 Å². The van der Waals surface area contributed by atoms with Crippen molar-refractivity contribution in [2.75, 3.05) is 6.54 Å². The Kier molecular flexibility index (Phi) is 7.99. The third kappa shape index (κ3) is 4.66. The minimum absolute atomic E-state index is 0.0580. The Balaban J connectivity index is 2.38. The number of likely N-dealkylation sites (tertiary alicyclic amines) is 1. The van der Waals surface area contributed by atoms with Gasteiger partial charge in [0, 0.05) is 0 Å². The number of nitrogens with zero attached hydrogens (tertiary/aromatic N) is 1. The molecule has 4 heteroatoms. The van der Waals surface area contributed by atoms with Gasteiger partial charge >= 0.3 is 129 Å². The van der Waals surface area contributed by atoms with Crippen LogP contribution in [-0.4, -0.2) is 48.5 Å². The molecule has 0 bridgehead atoms. The normalized spacial score (nSPS) is 22.8. The second-order valence-corrected chi connectivity index (χ2v) is 7.38. The van der Waals surface area contributed by atoms with Crippen LogP contribution < -0.4 is 0 Å². The predicted octanol–water partition coefficient (Wildman–Crippen LogP) is 2.04. The van der Waals surface area contributed by atoms with Crippen molar-refractivity contribution < 1.29 is 9.90 Å². The molecular formula is C16H25NO2Se. The van der Waals surface area contributed by atoms with E-state index in [0.29, 0.717) is 6.54 Å². The number of aliphatic hydroxyl groups is 1. The molecule has 1 amide bonds. The number of rotatable bonds is 8. The Morgan fingerprint density at radius 1 is 1.50 bits per heavy atom. The first-order valence-electron chi connectivity index (χ1n) is 7.30. The zero-order chi connectivity index (χ0) is 15.0. The number of hydrogen-bond acceptors (Lipinski definition) is 2. The fourth-order valence-electron chi connectivity index (χ4n) is 2.25. The summed E-state index contributed by atoms with van der Waals surface area (Å²) in [6, 6.07) is 0. The van der Waals surface area contributed by atoms with Crippen LogP contribution in [0.3, 0.4) is 0 Å². The topological polar surface area (TPSA) is 40.5 Å². The minimum atomic E-state index is -0.562. The van der Waals surface area contributed by atoms with Gasteiger partial charge in [0.05, 0.1) is 0 Å². The SMILES string of the molecule is C=CCN1C(=O)[C@H]([C@@H](C)O)[C@H]1[Se]CC#CCCCCC. The number of carbonyl (C=O) groups is 1. The number of aliphatic hydroxyl groups excluding tert-OH is 1. The van der Waals surface area contributed by atoms with Gasteiger partial charge in [-0.3, -0.25) is 0 Å². The van der Waals surface area contributed by atoms with Gasteiger partial charge in [0.15, 0.2) is 0 Å². The van der Waals surface area contributed by atoms with Gasteiger partial charge in [0.25, 0.3) is 0 Å². The summed E-state index contributed by atoms with van der Waals surface area (Å²) in [5.74, 6) is 6.25. The molecule has 1 aliphatic rings. The van der Waals surface area contributed by atoms with Crippen molar-refractivity contribution in [3.05, 3.63) is 12.7 Å². The molecule has 0 aromatic heterocycles. The van der Waals surface area contributed by atoms with Crippen molar-refractivity contribution in [1.82, 2.24) is 4.90 Å². The molecule has 0 saturated carbocycles. The quantitative estimate of drug-likeness (QED) is 0.241. The summed E-state index contributed by atoms with van der Waals surface area (Å²) in [6.45, 7) is 8.15. The van der Waals surface area contributed by atoms with Crippen LogP contribution in [0.25, 0.3) is 0 Å². The van der Waals surface area contributed by atoms with E-state index in [1.807, 2.05) is 4.90 Å². The monoisotopic (exact) mass is 343 g/mol. The van der Waals surface area contributed by atoms with Crippen molar-refractivity contribution in [1.29, 1.82) is 0 Å². The number of β-lactam (4-membered cyclic amide) rings is 1. The molecule has 0 unspecified atom stereocenters. The summed E-state index contributed by atoms with van der Waals surface area (Å²) in [7, 11) is 0. The average Bonchev–Trinajstić information content (AvgIpc) is 2.41. The Hall–Kier alpha value is -0.751. The third-order valence-electron chi connectivity index (χ3n) is 3.38. The molecular weight excluding hydrogens is 317 g/mol. The van der Waals surface area contributed by atoms with Crippen LogP contribution >= 0.6 is 0 Å². The maximum absolute atomic E-state index is 11.9. The Morgan fingerprint density at radius 3 is 2.85 bits per heavy atom. The molecule has 1 fully saturated rings. The molecule has 1 aliphatic heterocycles. The molecule has 1 saturated heterocycles. The molecule has 20 heavy (non-hydrogen) atoms. The molecule has 3 atom stereocenters. The van der Waals surface area contributed by atoms with Crippen molar-refractivity contribution in [3.8, 4) is 11.8 Å². The zero-order valence-corrected chi connectivity index (χ0v) is 14.2. The predicted molar refractivity (Wildman–Crippen MR) is 83.3 cm³/mol. The van der Waals surface area contributed by atoms with Crippen LogP contribution in [0, 0.1) is 17.8 Å². The fourth-order valence-corrected chi connectivity index (χ4v) is 4.93. The standard InChI is InChI=1S/C16H25NO2Se/c1-4-6-7-8-9-10-12-20-16-14(13(3)18)15(19)17(16)11-5-2/h5,13-14,16,18H,2,4,6-8,11-12H2,1,3H3/t13-,14+,16-/m1/s1. The molecule has 1 rings (SSSR count). The second-order valence-electron chi connectivity index (χ2n) is 5.06. The van der Waals surface area contributed by atoms with E-state index in [1.54, 1.807) is 13.0 Å². The van der Waals surface area contributed by atoms with E-state index in [1.165, 1.54) is 19.3 Å². The molecule has 0 radical (unpaired) electrons. The maximum atomic E-state index is 11.9. The zero-order valence-electron chi connectivity index (χ0n) is 12.5. The summed E-state index contributed by atoms with van der Waals surface area (Å²) in [6.07, 6.45) is 5.81. The van der Waals surface area contributed by atoms with Crippen molar-refractivity contribution in [2.24, 2.45) is 5.92 Å². The van der Waals surface area contributed by atoms with Crippen molar-refractivity contribution in [3.63, 3.8) is 0 Å². The van der Waals surface area contributed by atoms with E-state index >= 15 is 0 Å². The van der Waals surface area contributed by atoms with E-state index in [2.05, 4.69) is 25.3 Å². The van der Waals surface area contributed by atoms with Crippen LogP contribution in [0.4, 0.5) is 0 Å². The van der Waals surface area contributed by atoms with Gasteiger partial charge in [0.2, 0.25) is 0 Å². The van der Waals surface area contributed by atoms with E-state index < -0.39 is 6.10 Å². The average molecular weight is 342 g/mol. The summed E-state index contributed by atoms with van der Waals surface area (Å²) >= 11 is 0.246. The van der Waals surface area contributed by atoms with Crippen LogP contribution in [0.2, 0.25) is 5.32 Å². The van der Waals surface area contributed by atoms with Gasteiger partial charge in [-0.2, -0.15) is 0 Å².